The van der Waals surface area contributed by atoms with E-state index in [1.54, 1.807) is 0 Å². The van der Waals surface area contributed by atoms with Crippen molar-refractivity contribution in [1.82, 2.24) is 4.98 Å². The molecule has 0 unspecified atom stereocenters. The van der Waals surface area contributed by atoms with Gasteiger partial charge in [0.25, 0.3) is 0 Å². The topological polar surface area (TPSA) is 12.9 Å². The van der Waals surface area contributed by atoms with Crippen LogP contribution in [0.4, 0.5) is 17.6 Å². The summed E-state index contributed by atoms with van der Waals surface area (Å²) in [5, 5.41) is -1.45. The van der Waals surface area contributed by atoms with Crippen molar-refractivity contribution in [1.29, 1.82) is 0 Å². The molecule has 0 fully saturated rings. The molecule has 0 saturated carbocycles. The average molecular weight is 413 g/mol. The molecule has 0 radical (unpaired) electrons. The van der Waals surface area contributed by atoms with Gasteiger partial charge in [0.2, 0.25) is 0 Å². The van der Waals surface area contributed by atoms with E-state index in [1.807, 2.05) is 0 Å². The molecule has 22 heavy (non-hydrogen) atoms. The van der Waals surface area contributed by atoms with Gasteiger partial charge in [0, 0.05) is 5.56 Å². The number of aromatic nitrogens is 1. The van der Waals surface area contributed by atoms with Crippen LogP contribution in [-0.2, 0) is 6.18 Å². The van der Waals surface area contributed by atoms with Gasteiger partial charge in [0.15, 0.2) is 0 Å². The summed E-state index contributed by atoms with van der Waals surface area (Å²) >= 11 is 29.2. The summed E-state index contributed by atoms with van der Waals surface area (Å²) in [5.74, 6) is -1.08. The molecule has 118 valence electrons. The fourth-order valence-corrected chi connectivity index (χ4v) is 2.91. The zero-order valence-electron chi connectivity index (χ0n) is 10.0. The van der Waals surface area contributed by atoms with Crippen molar-refractivity contribution < 1.29 is 17.6 Å². The molecule has 1 nitrogen and oxygen atoms in total. The normalized spacial score (nSPS) is 11.9. The fourth-order valence-electron chi connectivity index (χ4n) is 1.59. The van der Waals surface area contributed by atoms with Gasteiger partial charge >= 0.3 is 6.18 Å². The Bertz CT molecular complexity index is 731. The van der Waals surface area contributed by atoms with Gasteiger partial charge < -0.3 is 0 Å². The molecule has 0 aliphatic carbocycles. The van der Waals surface area contributed by atoms with Crippen molar-refractivity contribution in [2.45, 2.75) is 6.18 Å². The largest absolute Gasteiger partial charge is 0.433 e. The molecular weight excluding hydrogens is 411 g/mol. The second-order valence-electron chi connectivity index (χ2n) is 3.97. The van der Waals surface area contributed by atoms with Crippen molar-refractivity contribution in [3.8, 4) is 11.3 Å². The second kappa shape index (κ2) is 6.21. The SMILES string of the molecule is Fc1ccc(C(F)(F)F)nc1-c1c(Cl)c(Cl)c(Cl)c(Cl)c1Cl. The first-order chi connectivity index (χ1) is 10.1. The Labute approximate surface area is 146 Å². The highest BCUT2D eigenvalue weighted by Gasteiger charge is 2.34. The number of alkyl halides is 3. The molecule has 0 bridgehead atoms. The van der Waals surface area contributed by atoms with Gasteiger partial charge in [-0.1, -0.05) is 58.0 Å². The van der Waals surface area contributed by atoms with E-state index in [0.717, 1.165) is 0 Å². The third-order valence-corrected chi connectivity index (χ3v) is 4.86. The summed E-state index contributed by atoms with van der Waals surface area (Å²) in [6, 6.07) is 1.08. The lowest BCUT2D eigenvalue weighted by molar-refractivity contribution is -0.141. The molecule has 0 atom stereocenters. The predicted octanol–water partition coefficient (Wildman–Crippen LogP) is 7.17. The molecule has 2 rings (SSSR count). The van der Waals surface area contributed by atoms with Crippen molar-refractivity contribution in [3.63, 3.8) is 0 Å². The Morgan fingerprint density at radius 2 is 1.23 bits per heavy atom. The first kappa shape index (κ1) is 17.9. The smallest absolute Gasteiger partial charge is 0.240 e. The lowest BCUT2D eigenvalue weighted by Gasteiger charge is -2.14. The highest BCUT2D eigenvalue weighted by Crippen LogP contribution is 2.48. The van der Waals surface area contributed by atoms with Crippen molar-refractivity contribution in [2.75, 3.05) is 0 Å². The molecule has 10 heteroatoms. The fraction of sp³-hybridized carbons (Fsp3) is 0.0833. The van der Waals surface area contributed by atoms with Gasteiger partial charge in [-0.3, -0.25) is 0 Å². The molecule has 1 aromatic carbocycles. The summed E-state index contributed by atoms with van der Waals surface area (Å²) in [6.45, 7) is 0. The van der Waals surface area contributed by atoms with Crippen LogP contribution in [0.3, 0.4) is 0 Å². The van der Waals surface area contributed by atoms with Crippen LogP contribution in [0.25, 0.3) is 11.3 Å². The van der Waals surface area contributed by atoms with E-state index in [2.05, 4.69) is 4.98 Å². The molecule has 1 heterocycles. The molecule has 0 spiro atoms. The Hall–Kier alpha value is -0.460. The number of pyridine rings is 1. The minimum absolute atomic E-state index is 0.200. The number of rotatable bonds is 1. The van der Waals surface area contributed by atoms with Crippen LogP contribution in [0.2, 0.25) is 25.1 Å². The first-order valence-electron chi connectivity index (χ1n) is 5.31. The number of hydrogen-bond acceptors (Lipinski definition) is 1. The van der Waals surface area contributed by atoms with Gasteiger partial charge in [-0.05, 0) is 12.1 Å². The predicted molar refractivity (Wildman–Crippen MR) is 79.7 cm³/mol. The summed E-state index contributed by atoms with van der Waals surface area (Å²) in [5.41, 5.74) is -2.42. The van der Waals surface area contributed by atoms with Crippen molar-refractivity contribution >= 4 is 58.0 Å². The van der Waals surface area contributed by atoms with Crippen LogP contribution in [-0.4, -0.2) is 4.98 Å². The quantitative estimate of drug-likeness (QED) is 0.274. The van der Waals surface area contributed by atoms with E-state index in [9.17, 15) is 17.6 Å². The Morgan fingerprint density at radius 3 is 1.68 bits per heavy atom. The molecule has 0 aliphatic heterocycles. The average Bonchev–Trinajstić information content (AvgIpc) is 2.44. The third-order valence-electron chi connectivity index (χ3n) is 2.58. The number of halogens is 9. The molecule has 2 aromatic rings. The molecule has 0 saturated heterocycles. The minimum atomic E-state index is -4.78. The lowest BCUT2D eigenvalue weighted by atomic mass is 10.1. The Balaban J connectivity index is 2.83. The lowest BCUT2D eigenvalue weighted by Crippen LogP contribution is -2.09. The van der Waals surface area contributed by atoms with Crippen molar-refractivity contribution in [2.24, 2.45) is 0 Å². The van der Waals surface area contributed by atoms with Crippen LogP contribution in [0.5, 0.6) is 0 Å². The number of nitrogens with zero attached hydrogens (tertiary/aromatic N) is 1. The van der Waals surface area contributed by atoms with Crippen LogP contribution in [0.1, 0.15) is 5.69 Å². The van der Waals surface area contributed by atoms with Gasteiger partial charge in [-0.25, -0.2) is 9.37 Å². The van der Waals surface area contributed by atoms with Crippen molar-refractivity contribution in [3.05, 3.63) is 48.8 Å². The molecule has 0 aliphatic rings. The Morgan fingerprint density at radius 1 is 0.773 bits per heavy atom. The summed E-state index contributed by atoms with van der Waals surface area (Å²) < 4.78 is 52.0. The first-order valence-corrected chi connectivity index (χ1v) is 7.20. The van der Waals surface area contributed by atoms with E-state index in [-0.39, 0.29) is 30.7 Å². The van der Waals surface area contributed by atoms with Crippen LogP contribution in [0, 0.1) is 5.82 Å². The van der Waals surface area contributed by atoms with Crippen LogP contribution < -0.4 is 0 Å². The maximum absolute atomic E-state index is 13.9. The van der Waals surface area contributed by atoms with E-state index in [4.69, 9.17) is 58.0 Å². The zero-order valence-corrected chi connectivity index (χ0v) is 13.8. The van der Waals surface area contributed by atoms with Gasteiger partial charge in [-0.2, -0.15) is 13.2 Å². The maximum Gasteiger partial charge on any atom is 0.433 e. The highest BCUT2D eigenvalue weighted by molar-refractivity contribution is 6.56. The molecule has 0 amide bonds. The maximum atomic E-state index is 13.9. The van der Waals surface area contributed by atoms with Gasteiger partial charge in [-0.15, -0.1) is 0 Å². The summed E-state index contributed by atoms with van der Waals surface area (Å²) in [6.07, 6.45) is -4.78. The second-order valence-corrected chi connectivity index (χ2v) is 5.86. The molecule has 1 aromatic heterocycles. The minimum Gasteiger partial charge on any atom is -0.240 e. The summed E-state index contributed by atoms with van der Waals surface area (Å²) in [7, 11) is 0. The zero-order chi connectivity index (χ0) is 16.8. The van der Waals surface area contributed by atoms with E-state index in [1.165, 1.54) is 0 Å². The van der Waals surface area contributed by atoms with Gasteiger partial charge in [0.1, 0.15) is 17.2 Å². The van der Waals surface area contributed by atoms with E-state index >= 15 is 0 Å². The van der Waals surface area contributed by atoms with E-state index in [0.29, 0.717) is 12.1 Å². The highest BCUT2D eigenvalue weighted by atomic mass is 35.5. The molecular formula is C12H2Cl5F4N. The third kappa shape index (κ3) is 3.10. The van der Waals surface area contributed by atoms with E-state index < -0.39 is 23.4 Å². The number of benzene rings is 1. The van der Waals surface area contributed by atoms with Crippen LogP contribution >= 0.6 is 58.0 Å². The number of hydrogen-bond donors (Lipinski definition) is 0. The Kier molecular flexibility index (Phi) is 5.05. The monoisotopic (exact) mass is 411 g/mol. The van der Waals surface area contributed by atoms with Crippen LogP contribution in [0.15, 0.2) is 12.1 Å². The molecule has 0 N–H and O–H groups in total. The summed E-state index contributed by atoms with van der Waals surface area (Å²) in [4.78, 5) is 3.22. The standard InChI is InChI=1S/C12H2Cl5F4N/c13-6-5(7(14)9(16)10(17)8(6)15)11-3(18)1-2-4(22-11)12(19,20)21/h1-2H. The van der Waals surface area contributed by atoms with Gasteiger partial charge in [0.05, 0.1) is 25.1 Å².